The van der Waals surface area contributed by atoms with Gasteiger partial charge in [-0.2, -0.15) is 0 Å². The summed E-state index contributed by atoms with van der Waals surface area (Å²) in [7, 11) is 1.54. The highest BCUT2D eigenvalue weighted by atomic mass is 32.1. The third kappa shape index (κ3) is 2.65. The highest BCUT2D eigenvalue weighted by Crippen LogP contribution is 2.34. The molecule has 0 radical (unpaired) electrons. The number of thiophene rings is 1. The molecule has 1 atom stereocenters. The van der Waals surface area contributed by atoms with Crippen LogP contribution in [-0.2, 0) is 4.79 Å². The number of rotatable bonds is 3. The molecule has 1 amide bonds. The van der Waals surface area contributed by atoms with E-state index in [0.29, 0.717) is 30.0 Å². The van der Waals surface area contributed by atoms with Crippen LogP contribution in [0.25, 0.3) is 0 Å². The summed E-state index contributed by atoms with van der Waals surface area (Å²) in [4.78, 5) is 27.1. The zero-order chi connectivity index (χ0) is 14.9. The van der Waals surface area contributed by atoms with Gasteiger partial charge in [-0.3, -0.25) is 9.59 Å². The van der Waals surface area contributed by atoms with Gasteiger partial charge in [0.25, 0.3) is 5.91 Å². The number of carbonyl (C=O) groups excluding carboxylic acids is 1. The Morgan fingerprint density at radius 2 is 2.20 bits per heavy atom. The van der Waals surface area contributed by atoms with Gasteiger partial charge in [0.1, 0.15) is 10.6 Å². The van der Waals surface area contributed by atoms with Gasteiger partial charge in [0.05, 0.1) is 12.5 Å². The van der Waals surface area contributed by atoms with Crippen LogP contribution in [0.15, 0.2) is 6.07 Å². The number of carbonyl (C=O) groups is 2. The van der Waals surface area contributed by atoms with Crippen LogP contribution in [0.3, 0.4) is 0 Å². The molecule has 2 heterocycles. The summed E-state index contributed by atoms with van der Waals surface area (Å²) in [6.07, 6.45) is 1.31. The number of aryl methyl sites for hydroxylation is 1. The predicted octanol–water partition coefficient (Wildman–Crippen LogP) is 2.39. The molecular weight excluding hydrogens is 278 g/mol. The highest BCUT2D eigenvalue weighted by Gasteiger charge is 2.40. The van der Waals surface area contributed by atoms with Crippen LogP contribution in [0.1, 0.15) is 34.3 Å². The van der Waals surface area contributed by atoms with E-state index in [1.165, 1.54) is 18.4 Å². The summed E-state index contributed by atoms with van der Waals surface area (Å²) in [6, 6.07) is 1.83. The number of aliphatic carboxylic acids is 1. The smallest absolute Gasteiger partial charge is 0.311 e. The van der Waals surface area contributed by atoms with E-state index < -0.39 is 11.4 Å². The Morgan fingerprint density at radius 1 is 1.50 bits per heavy atom. The van der Waals surface area contributed by atoms with Crippen LogP contribution in [0.4, 0.5) is 0 Å². The van der Waals surface area contributed by atoms with Crippen molar-refractivity contribution in [2.75, 3.05) is 20.2 Å². The number of methoxy groups -OCH3 is 1. The van der Waals surface area contributed by atoms with Crippen molar-refractivity contribution in [3.05, 3.63) is 15.8 Å². The quantitative estimate of drug-likeness (QED) is 0.930. The fourth-order valence-electron chi connectivity index (χ4n) is 2.52. The molecule has 110 valence electrons. The van der Waals surface area contributed by atoms with Crippen LogP contribution in [0.2, 0.25) is 0 Å². The van der Waals surface area contributed by atoms with Gasteiger partial charge in [0.2, 0.25) is 0 Å². The van der Waals surface area contributed by atoms with Gasteiger partial charge in [-0.25, -0.2) is 0 Å². The van der Waals surface area contributed by atoms with E-state index in [0.717, 1.165) is 4.88 Å². The van der Waals surface area contributed by atoms with Gasteiger partial charge in [-0.05, 0) is 32.8 Å². The Balaban J connectivity index is 2.22. The first-order valence-corrected chi connectivity index (χ1v) is 7.36. The lowest BCUT2D eigenvalue weighted by Gasteiger charge is -2.37. The minimum Gasteiger partial charge on any atom is -0.495 e. The molecular formula is C14H19NO4S. The molecule has 2 rings (SSSR count). The number of carboxylic acids is 1. The van der Waals surface area contributed by atoms with E-state index in [1.807, 2.05) is 13.0 Å². The van der Waals surface area contributed by atoms with Crippen molar-refractivity contribution in [1.82, 2.24) is 4.90 Å². The Kier molecular flexibility index (Phi) is 4.04. The second kappa shape index (κ2) is 5.44. The average molecular weight is 297 g/mol. The monoisotopic (exact) mass is 297 g/mol. The summed E-state index contributed by atoms with van der Waals surface area (Å²) in [6.45, 7) is 4.47. The number of amides is 1. The number of carboxylic acid groups (broad SMARTS) is 1. The maximum absolute atomic E-state index is 12.6. The molecule has 0 aromatic carbocycles. The van der Waals surface area contributed by atoms with Crippen molar-refractivity contribution in [3.63, 3.8) is 0 Å². The van der Waals surface area contributed by atoms with Crippen molar-refractivity contribution < 1.29 is 19.4 Å². The van der Waals surface area contributed by atoms with E-state index in [-0.39, 0.29) is 12.5 Å². The van der Waals surface area contributed by atoms with E-state index in [2.05, 4.69) is 0 Å². The molecule has 6 heteroatoms. The van der Waals surface area contributed by atoms with Crippen molar-refractivity contribution >= 4 is 23.2 Å². The Morgan fingerprint density at radius 3 is 2.80 bits per heavy atom. The van der Waals surface area contributed by atoms with Crippen LogP contribution in [0, 0.1) is 12.3 Å². The lowest BCUT2D eigenvalue weighted by molar-refractivity contribution is -0.150. The maximum Gasteiger partial charge on any atom is 0.311 e. The van der Waals surface area contributed by atoms with Gasteiger partial charge < -0.3 is 14.7 Å². The fourth-order valence-corrected chi connectivity index (χ4v) is 3.47. The molecule has 1 aliphatic rings. The second-order valence-corrected chi connectivity index (χ2v) is 6.71. The first-order chi connectivity index (χ1) is 9.37. The summed E-state index contributed by atoms with van der Waals surface area (Å²) < 4.78 is 5.22. The van der Waals surface area contributed by atoms with Crippen LogP contribution >= 0.6 is 11.3 Å². The van der Waals surface area contributed by atoms with Crippen LogP contribution < -0.4 is 4.74 Å². The van der Waals surface area contributed by atoms with E-state index in [9.17, 15) is 14.7 Å². The van der Waals surface area contributed by atoms with Crippen molar-refractivity contribution in [3.8, 4) is 5.75 Å². The minimum absolute atomic E-state index is 0.132. The average Bonchev–Trinajstić information content (AvgIpc) is 2.79. The third-order valence-corrected chi connectivity index (χ3v) is 4.76. The normalized spacial score (nSPS) is 22.6. The fraction of sp³-hybridized carbons (Fsp3) is 0.571. The van der Waals surface area contributed by atoms with Crippen molar-refractivity contribution in [1.29, 1.82) is 0 Å². The molecule has 0 spiro atoms. The third-order valence-electron chi connectivity index (χ3n) is 3.74. The topological polar surface area (TPSA) is 66.8 Å². The summed E-state index contributed by atoms with van der Waals surface area (Å²) in [5.74, 6) is -0.406. The lowest BCUT2D eigenvalue weighted by atomic mass is 9.82. The van der Waals surface area contributed by atoms with E-state index in [1.54, 1.807) is 11.8 Å². The number of likely N-dealkylation sites (tertiary alicyclic amines) is 1. The Bertz CT molecular complexity index is 539. The lowest BCUT2D eigenvalue weighted by Crippen LogP contribution is -2.48. The minimum atomic E-state index is -0.854. The molecule has 0 bridgehead atoms. The van der Waals surface area contributed by atoms with Gasteiger partial charge in [0, 0.05) is 18.0 Å². The van der Waals surface area contributed by atoms with E-state index in [4.69, 9.17) is 4.74 Å². The van der Waals surface area contributed by atoms with Gasteiger partial charge in [-0.1, -0.05) is 0 Å². The second-order valence-electron chi connectivity index (χ2n) is 5.45. The van der Waals surface area contributed by atoms with Crippen LogP contribution in [0.5, 0.6) is 5.75 Å². The van der Waals surface area contributed by atoms with Crippen molar-refractivity contribution in [2.24, 2.45) is 5.41 Å². The molecule has 0 saturated carbocycles. The molecule has 1 fully saturated rings. The predicted molar refractivity (Wildman–Crippen MR) is 76.5 cm³/mol. The first-order valence-electron chi connectivity index (χ1n) is 6.54. The molecule has 5 nitrogen and oxygen atoms in total. The van der Waals surface area contributed by atoms with Gasteiger partial charge in [-0.15, -0.1) is 11.3 Å². The van der Waals surface area contributed by atoms with Crippen LogP contribution in [-0.4, -0.2) is 42.1 Å². The standard InChI is InChI=1S/C14H19NO4S/c1-9-7-10(19-3)11(20-9)12(16)15-6-4-5-14(2,8-15)13(17)18/h7H,4-6,8H2,1-3H3,(H,17,18). The SMILES string of the molecule is COc1cc(C)sc1C(=O)N1CCCC(C)(C(=O)O)C1. The molecule has 1 N–H and O–H groups in total. The molecule has 1 saturated heterocycles. The largest absolute Gasteiger partial charge is 0.495 e. The zero-order valence-corrected chi connectivity index (χ0v) is 12.7. The van der Waals surface area contributed by atoms with Gasteiger partial charge in [0.15, 0.2) is 0 Å². The first kappa shape index (κ1) is 14.8. The molecule has 0 aliphatic carbocycles. The maximum atomic E-state index is 12.6. The number of hydrogen-bond donors (Lipinski definition) is 1. The summed E-state index contributed by atoms with van der Waals surface area (Å²) in [5.41, 5.74) is -0.854. The Hall–Kier alpha value is -1.56. The zero-order valence-electron chi connectivity index (χ0n) is 11.9. The molecule has 1 aromatic rings. The molecule has 20 heavy (non-hydrogen) atoms. The number of piperidine rings is 1. The summed E-state index contributed by atoms with van der Waals surface area (Å²) in [5, 5.41) is 9.31. The summed E-state index contributed by atoms with van der Waals surface area (Å²) >= 11 is 1.39. The Labute approximate surface area is 122 Å². The number of nitrogens with zero attached hydrogens (tertiary/aromatic N) is 1. The van der Waals surface area contributed by atoms with Gasteiger partial charge >= 0.3 is 5.97 Å². The molecule has 1 aliphatic heterocycles. The molecule has 1 aromatic heterocycles. The van der Waals surface area contributed by atoms with Crippen molar-refractivity contribution in [2.45, 2.75) is 26.7 Å². The van der Waals surface area contributed by atoms with E-state index >= 15 is 0 Å². The number of hydrogen-bond acceptors (Lipinski definition) is 4. The molecule has 1 unspecified atom stereocenters. The number of ether oxygens (including phenoxy) is 1. The highest BCUT2D eigenvalue weighted by molar-refractivity contribution is 7.14.